The fourth-order valence-electron chi connectivity index (χ4n) is 1.17. The van der Waals surface area contributed by atoms with Gasteiger partial charge in [0, 0.05) is 16.3 Å². The molecule has 0 bridgehead atoms. The van der Waals surface area contributed by atoms with Crippen LogP contribution < -0.4 is 0 Å². The van der Waals surface area contributed by atoms with Crippen molar-refractivity contribution in [2.24, 2.45) is 0 Å². The van der Waals surface area contributed by atoms with Gasteiger partial charge < -0.3 is 5.11 Å². The van der Waals surface area contributed by atoms with Crippen LogP contribution in [0.4, 0.5) is 0 Å². The molecule has 0 aliphatic heterocycles. The first-order valence-electron chi connectivity index (χ1n) is 5.08. The average molecular weight is 246 g/mol. The van der Waals surface area contributed by atoms with E-state index in [0.717, 1.165) is 12.2 Å². The van der Waals surface area contributed by atoms with Gasteiger partial charge in [-0.15, -0.1) is 13.2 Å². The lowest BCUT2D eigenvalue weighted by Crippen LogP contribution is -2.31. The highest BCUT2D eigenvalue weighted by molar-refractivity contribution is 8.01. The first-order valence-corrected chi connectivity index (χ1v) is 6.70. The largest absolute Gasteiger partial charge is 0.389 e. The lowest BCUT2D eigenvalue weighted by molar-refractivity contribution is 0.0888. The van der Waals surface area contributed by atoms with Gasteiger partial charge in [0.2, 0.25) is 0 Å². The second kappa shape index (κ2) is 6.66. The Morgan fingerprint density at radius 3 is 2.20 bits per heavy atom. The van der Waals surface area contributed by atoms with E-state index in [1.165, 1.54) is 0 Å². The van der Waals surface area contributed by atoms with Gasteiger partial charge in [0.15, 0.2) is 0 Å². The molecule has 0 aromatic heterocycles. The summed E-state index contributed by atoms with van der Waals surface area (Å²) in [6, 6.07) is 0. The monoisotopic (exact) mass is 246 g/mol. The van der Waals surface area contributed by atoms with Crippen LogP contribution in [-0.2, 0) is 0 Å². The average Bonchev–Trinajstić information content (AvgIpc) is 2.16. The molecular formula is C12H22OS2. The normalized spacial score (nSPS) is 18.9. The third-order valence-corrected chi connectivity index (χ3v) is 4.91. The molecule has 0 aliphatic carbocycles. The summed E-state index contributed by atoms with van der Waals surface area (Å²) in [7, 11) is 0. The van der Waals surface area contributed by atoms with Crippen LogP contribution >= 0.6 is 24.4 Å². The summed E-state index contributed by atoms with van der Waals surface area (Å²) in [5.41, 5.74) is -0.669. The van der Waals surface area contributed by atoms with Gasteiger partial charge in [0.05, 0.1) is 5.60 Å². The quantitative estimate of drug-likeness (QED) is 0.506. The van der Waals surface area contributed by atoms with E-state index in [1.54, 1.807) is 17.8 Å². The Balaban J connectivity index is 4.20. The molecule has 15 heavy (non-hydrogen) atoms. The maximum Gasteiger partial charge on any atom is 0.0744 e. The Hall–Kier alpha value is 0.140. The zero-order valence-electron chi connectivity index (χ0n) is 9.70. The lowest BCUT2D eigenvalue weighted by atomic mass is 10.1. The van der Waals surface area contributed by atoms with Gasteiger partial charge in [-0.2, -0.15) is 24.4 Å². The predicted molar refractivity (Wildman–Crippen MR) is 75.0 cm³/mol. The topological polar surface area (TPSA) is 20.2 Å². The molecule has 1 nitrogen and oxygen atoms in total. The number of hydrogen-bond donors (Lipinski definition) is 2. The third-order valence-electron chi connectivity index (χ3n) is 2.23. The maximum atomic E-state index is 10.00. The Morgan fingerprint density at radius 1 is 1.27 bits per heavy atom. The number of thiol groups is 1. The zero-order valence-corrected chi connectivity index (χ0v) is 11.4. The molecule has 0 fully saturated rings. The van der Waals surface area contributed by atoms with Gasteiger partial charge in [-0.25, -0.2) is 0 Å². The number of aliphatic hydroxyl groups is 1. The lowest BCUT2D eigenvalue weighted by Gasteiger charge is -2.30. The fraction of sp³-hybridized carbons (Fsp3) is 0.667. The molecule has 0 amide bonds. The van der Waals surface area contributed by atoms with Crippen molar-refractivity contribution in [3.8, 4) is 0 Å². The Labute approximate surface area is 103 Å². The summed E-state index contributed by atoms with van der Waals surface area (Å²) in [5.74, 6) is 1.48. The van der Waals surface area contributed by atoms with Gasteiger partial charge in [-0.05, 0) is 26.7 Å². The molecule has 0 rings (SSSR count). The summed E-state index contributed by atoms with van der Waals surface area (Å²) in [6.07, 6.45) is 5.19. The number of rotatable bonds is 8. The molecule has 1 N–H and O–H groups in total. The first kappa shape index (κ1) is 15.1. The number of thioether (sulfide) groups is 1. The van der Waals surface area contributed by atoms with Crippen molar-refractivity contribution in [3.63, 3.8) is 0 Å². The Kier molecular flexibility index (Phi) is 6.73. The van der Waals surface area contributed by atoms with E-state index in [4.69, 9.17) is 0 Å². The van der Waals surface area contributed by atoms with Crippen LogP contribution in [0.15, 0.2) is 25.3 Å². The molecule has 2 unspecified atom stereocenters. The van der Waals surface area contributed by atoms with Gasteiger partial charge in [0.1, 0.15) is 0 Å². The summed E-state index contributed by atoms with van der Waals surface area (Å²) < 4.78 is 0.0655. The standard InChI is InChI=1S/C12H22OS2/c1-5-7-11(3,13)10-15-12(4,9-14)8-6-2/h5-6,13-14H,1-2,7-10H2,3-4H3. The van der Waals surface area contributed by atoms with Crippen LogP contribution in [0.3, 0.4) is 0 Å². The van der Waals surface area contributed by atoms with Gasteiger partial charge in [-0.3, -0.25) is 0 Å². The van der Waals surface area contributed by atoms with E-state index in [2.05, 4.69) is 32.7 Å². The van der Waals surface area contributed by atoms with Crippen LogP contribution in [0.1, 0.15) is 26.7 Å². The Morgan fingerprint density at radius 2 is 1.80 bits per heavy atom. The molecule has 0 aromatic rings. The number of hydrogen-bond acceptors (Lipinski definition) is 3. The van der Waals surface area contributed by atoms with Crippen molar-refractivity contribution in [1.29, 1.82) is 0 Å². The van der Waals surface area contributed by atoms with E-state index >= 15 is 0 Å². The van der Waals surface area contributed by atoms with Gasteiger partial charge in [0.25, 0.3) is 0 Å². The SMILES string of the molecule is C=CCC(C)(O)CSC(C)(CS)CC=C. The second-order valence-corrected chi connectivity index (χ2v) is 6.26. The third kappa shape index (κ3) is 6.33. The summed E-state index contributed by atoms with van der Waals surface area (Å²) in [4.78, 5) is 0. The molecule has 88 valence electrons. The molecule has 0 aromatic carbocycles. The number of allylic oxidation sites excluding steroid dienone is 1. The zero-order chi connectivity index (χ0) is 11.9. The molecule has 0 spiro atoms. The summed E-state index contributed by atoms with van der Waals surface area (Å²) >= 11 is 6.10. The highest BCUT2D eigenvalue weighted by atomic mass is 32.2. The molecule has 0 saturated heterocycles. The van der Waals surface area contributed by atoms with Crippen LogP contribution in [0.2, 0.25) is 0 Å². The minimum absolute atomic E-state index is 0.0655. The van der Waals surface area contributed by atoms with Crippen LogP contribution in [-0.4, -0.2) is 27.0 Å². The summed E-state index contributed by atoms with van der Waals surface area (Å²) in [6.45, 7) is 11.4. The summed E-state index contributed by atoms with van der Waals surface area (Å²) in [5, 5.41) is 10.00. The molecule has 0 heterocycles. The highest BCUT2D eigenvalue weighted by Crippen LogP contribution is 2.33. The van der Waals surface area contributed by atoms with Crippen molar-refractivity contribution in [3.05, 3.63) is 25.3 Å². The van der Waals surface area contributed by atoms with Crippen molar-refractivity contribution in [2.45, 2.75) is 37.0 Å². The van der Waals surface area contributed by atoms with Crippen molar-refractivity contribution in [2.75, 3.05) is 11.5 Å². The van der Waals surface area contributed by atoms with Gasteiger partial charge >= 0.3 is 0 Å². The predicted octanol–water partition coefficient (Wildman–Crippen LogP) is 3.31. The molecule has 3 heteroatoms. The minimum Gasteiger partial charge on any atom is -0.389 e. The molecule has 0 aliphatic rings. The molecular weight excluding hydrogens is 224 g/mol. The minimum atomic E-state index is -0.669. The smallest absolute Gasteiger partial charge is 0.0744 e. The van der Waals surface area contributed by atoms with Crippen molar-refractivity contribution in [1.82, 2.24) is 0 Å². The van der Waals surface area contributed by atoms with Gasteiger partial charge in [-0.1, -0.05) is 12.2 Å². The maximum absolute atomic E-state index is 10.00. The Bertz CT molecular complexity index is 214. The van der Waals surface area contributed by atoms with Crippen LogP contribution in [0.25, 0.3) is 0 Å². The van der Waals surface area contributed by atoms with Crippen molar-refractivity contribution >= 4 is 24.4 Å². The van der Waals surface area contributed by atoms with Crippen LogP contribution in [0.5, 0.6) is 0 Å². The highest BCUT2D eigenvalue weighted by Gasteiger charge is 2.27. The van der Waals surface area contributed by atoms with E-state index in [9.17, 15) is 5.11 Å². The fourth-order valence-corrected chi connectivity index (χ4v) is 2.68. The molecule has 0 radical (unpaired) electrons. The molecule has 0 saturated carbocycles. The second-order valence-electron chi connectivity index (χ2n) is 4.38. The molecule has 2 atom stereocenters. The first-order chi connectivity index (χ1) is 6.89. The van der Waals surface area contributed by atoms with Crippen molar-refractivity contribution < 1.29 is 5.11 Å². The van der Waals surface area contributed by atoms with Crippen LogP contribution in [0, 0.1) is 0 Å². The van der Waals surface area contributed by atoms with E-state index in [1.807, 2.05) is 13.0 Å². The van der Waals surface area contributed by atoms with E-state index in [0.29, 0.717) is 12.2 Å². The van der Waals surface area contributed by atoms with E-state index < -0.39 is 5.60 Å². The van der Waals surface area contributed by atoms with E-state index in [-0.39, 0.29) is 4.75 Å².